The van der Waals surface area contributed by atoms with Crippen molar-refractivity contribution in [1.82, 2.24) is 15.6 Å². The van der Waals surface area contributed by atoms with Gasteiger partial charge in [-0.1, -0.05) is 23.8 Å². The molecule has 9 heteroatoms. The quantitative estimate of drug-likeness (QED) is 0.509. The van der Waals surface area contributed by atoms with Crippen molar-refractivity contribution in [2.24, 2.45) is 0 Å². The zero-order valence-electron chi connectivity index (χ0n) is 17.0. The minimum Gasteiger partial charge on any atom is -0.350 e. The van der Waals surface area contributed by atoms with Gasteiger partial charge in [0.05, 0.1) is 5.56 Å². The van der Waals surface area contributed by atoms with Crippen molar-refractivity contribution in [2.75, 3.05) is 13.1 Å². The van der Waals surface area contributed by atoms with Crippen LogP contribution in [0.5, 0.6) is 0 Å². The number of hydrogen-bond acceptors (Lipinski definition) is 3. The summed E-state index contributed by atoms with van der Waals surface area (Å²) in [6.07, 6.45) is -4.48. The zero-order valence-corrected chi connectivity index (χ0v) is 17.0. The van der Waals surface area contributed by atoms with Gasteiger partial charge in [-0.3, -0.25) is 14.4 Å². The van der Waals surface area contributed by atoms with E-state index in [0.29, 0.717) is 5.69 Å². The molecule has 0 saturated carbocycles. The molecule has 0 aliphatic carbocycles. The Morgan fingerprint density at radius 1 is 0.906 bits per heavy atom. The van der Waals surface area contributed by atoms with E-state index < -0.39 is 29.1 Å². The highest BCUT2D eigenvalue weighted by Crippen LogP contribution is 2.29. The number of nitrogens with one attached hydrogen (secondary N) is 3. The molecule has 0 fully saturated rings. The SMILES string of the molecule is Cc1cccc(-c2ccc(C(=O)NCCNC(=O)c3ccc(C(F)(F)F)cc3)c(=O)[nH]2)c1. The van der Waals surface area contributed by atoms with Gasteiger partial charge in [0.1, 0.15) is 5.56 Å². The van der Waals surface area contributed by atoms with Crippen molar-refractivity contribution in [3.8, 4) is 11.3 Å². The molecular formula is C23H20F3N3O3. The molecule has 0 unspecified atom stereocenters. The van der Waals surface area contributed by atoms with Crippen LogP contribution in [0, 0.1) is 6.92 Å². The second-order valence-corrected chi connectivity index (χ2v) is 7.07. The van der Waals surface area contributed by atoms with E-state index in [1.165, 1.54) is 6.07 Å². The molecule has 3 rings (SSSR count). The van der Waals surface area contributed by atoms with Gasteiger partial charge in [-0.25, -0.2) is 0 Å². The van der Waals surface area contributed by atoms with Crippen LogP contribution >= 0.6 is 0 Å². The van der Waals surface area contributed by atoms with Gasteiger partial charge in [0.15, 0.2) is 0 Å². The highest BCUT2D eigenvalue weighted by atomic mass is 19.4. The average Bonchev–Trinajstić information content (AvgIpc) is 2.76. The van der Waals surface area contributed by atoms with E-state index in [2.05, 4.69) is 15.6 Å². The molecule has 1 heterocycles. The maximum Gasteiger partial charge on any atom is 0.416 e. The van der Waals surface area contributed by atoms with E-state index in [9.17, 15) is 27.6 Å². The number of rotatable bonds is 6. The summed E-state index contributed by atoms with van der Waals surface area (Å²) < 4.78 is 37.7. The van der Waals surface area contributed by atoms with E-state index in [1.54, 1.807) is 6.07 Å². The Bertz CT molecular complexity index is 1190. The Balaban J connectivity index is 1.52. The van der Waals surface area contributed by atoms with E-state index in [-0.39, 0.29) is 24.2 Å². The van der Waals surface area contributed by atoms with Crippen LogP contribution < -0.4 is 16.2 Å². The molecule has 1 aromatic heterocycles. The van der Waals surface area contributed by atoms with Crippen LogP contribution in [0.15, 0.2) is 65.5 Å². The molecule has 166 valence electrons. The van der Waals surface area contributed by atoms with Crippen molar-refractivity contribution in [3.63, 3.8) is 0 Å². The number of alkyl halides is 3. The predicted molar refractivity (Wildman–Crippen MR) is 113 cm³/mol. The molecule has 3 N–H and O–H groups in total. The smallest absolute Gasteiger partial charge is 0.350 e. The molecule has 0 bridgehead atoms. The number of pyridine rings is 1. The van der Waals surface area contributed by atoms with Crippen molar-refractivity contribution in [2.45, 2.75) is 13.1 Å². The van der Waals surface area contributed by atoms with Gasteiger partial charge in [0.25, 0.3) is 17.4 Å². The van der Waals surface area contributed by atoms with Crippen molar-refractivity contribution < 1.29 is 22.8 Å². The van der Waals surface area contributed by atoms with Crippen LogP contribution in [0.25, 0.3) is 11.3 Å². The highest BCUT2D eigenvalue weighted by Gasteiger charge is 2.30. The summed E-state index contributed by atoms with van der Waals surface area (Å²) in [6, 6.07) is 14.4. The minimum absolute atomic E-state index is 0.0320. The number of aryl methyl sites for hydroxylation is 1. The summed E-state index contributed by atoms with van der Waals surface area (Å²) in [5.74, 6) is -1.18. The lowest BCUT2D eigenvalue weighted by molar-refractivity contribution is -0.137. The molecule has 0 atom stereocenters. The van der Waals surface area contributed by atoms with Gasteiger partial charge in [-0.2, -0.15) is 13.2 Å². The Morgan fingerprint density at radius 3 is 2.16 bits per heavy atom. The normalized spacial score (nSPS) is 11.1. The molecule has 0 radical (unpaired) electrons. The van der Waals surface area contributed by atoms with Crippen molar-refractivity contribution in [3.05, 3.63) is 93.3 Å². The number of aromatic amines is 1. The Kier molecular flexibility index (Phi) is 6.77. The lowest BCUT2D eigenvalue weighted by Gasteiger charge is -2.09. The summed E-state index contributed by atoms with van der Waals surface area (Å²) in [5, 5.41) is 5.02. The van der Waals surface area contributed by atoms with Crippen LogP contribution in [0.1, 0.15) is 31.8 Å². The molecule has 0 aliphatic heterocycles. The minimum atomic E-state index is -4.48. The van der Waals surface area contributed by atoms with Crippen LogP contribution in [0.4, 0.5) is 13.2 Å². The molecule has 0 spiro atoms. The predicted octanol–water partition coefficient (Wildman–Crippen LogP) is 3.53. The second-order valence-electron chi connectivity index (χ2n) is 7.07. The lowest BCUT2D eigenvalue weighted by atomic mass is 10.1. The molecule has 3 aromatic rings. The lowest BCUT2D eigenvalue weighted by Crippen LogP contribution is -2.36. The molecule has 0 saturated heterocycles. The summed E-state index contributed by atoms with van der Waals surface area (Å²) in [7, 11) is 0. The molecular weight excluding hydrogens is 423 g/mol. The fourth-order valence-electron chi connectivity index (χ4n) is 2.99. The number of amides is 2. The first kappa shape index (κ1) is 22.8. The first-order valence-electron chi connectivity index (χ1n) is 9.69. The molecule has 32 heavy (non-hydrogen) atoms. The fraction of sp³-hybridized carbons (Fsp3) is 0.174. The van der Waals surface area contributed by atoms with E-state index in [4.69, 9.17) is 0 Å². The topological polar surface area (TPSA) is 91.1 Å². The van der Waals surface area contributed by atoms with E-state index >= 15 is 0 Å². The summed E-state index contributed by atoms with van der Waals surface area (Å²) in [4.78, 5) is 39.3. The van der Waals surface area contributed by atoms with Gasteiger partial charge in [-0.15, -0.1) is 0 Å². The molecule has 2 aromatic carbocycles. The number of hydrogen-bond donors (Lipinski definition) is 3. The van der Waals surface area contributed by atoms with E-state index in [0.717, 1.165) is 35.4 Å². The number of benzene rings is 2. The van der Waals surface area contributed by atoms with Crippen molar-refractivity contribution >= 4 is 11.8 Å². The number of halogens is 3. The highest BCUT2D eigenvalue weighted by molar-refractivity contribution is 5.95. The first-order chi connectivity index (χ1) is 15.1. The standard InChI is InChI=1S/C23H20F3N3O3/c1-14-3-2-4-16(13-14)19-10-9-18(22(32)29-19)21(31)28-12-11-27-20(30)15-5-7-17(8-6-15)23(24,25)26/h2-10,13H,11-12H2,1H3,(H,27,30)(H,28,31)(H,29,32). The fourth-order valence-corrected chi connectivity index (χ4v) is 2.99. The Hall–Kier alpha value is -3.88. The van der Waals surface area contributed by atoms with Crippen LogP contribution in [-0.4, -0.2) is 29.9 Å². The largest absolute Gasteiger partial charge is 0.416 e. The van der Waals surface area contributed by atoms with E-state index in [1.807, 2.05) is 31.2 Å². The summed E-state index contributed by atoms with van der Waals surface area (Å²) in [5.41, 5.74) is 1.03. The molecule has 0 aliphatic rings. The van der Waals surface area contributed by atoms with Gasteiger partial charge in [0, 0.05) is 24.3 Å². The summed E-state index contributed by atoms with van der Waals surface area (Å²) >= 11 is 0. The molecule has 2 amide bonds. The Labute approximate surface area is 181 Å². The van der Waals surface area contributed by atoms with Gasteiger partial charge < -0.3 is 15.6 Å². The third kappa shape index (κ3) is 5.63. The van der Waals surface area contributed by atoms with Crippen LogP contribution in [0.2, 0.25) is 0 Å². The van der Waals surface area contributed by atoms with Gasteiger partial charge >= 0.3 is 6.18 Å². The van der Waals surface area contributed by atoms with Crippen LogP contribution in [-0.2, 0) is 6.18 Å². The first-order valence-corrected chi connectivity index (χ1v) is 9.69. The third-order valence-electron chi connectivity index (χ3n) is 4.65. The monoisotopic (exact) mass is 443 g/mol. The number of aromatic nitrogens is 1. The summed E-state index contributed by atoms with van der Waals surface area (Å²) in [6.45, 7) is 1.99. The number of H-pyrrole nitrogens is 1. The van der Waals surface area contributed by atoms with Gasteiger partial charge in [0.2, 0.25) is 0 Å². The third-order valence-corrected chi connectivity index (χ3v) is 4.65. The number of carbonyl (C=O) groups excluding carboxylic acids is 2. The maximum atomic E-state index is 12.6. The second kappa shape index (κ2) is 9.51. The maximum absolute atomic E-state index is 12.6. The number of carbonyl (C=O) groups is 2. The Morgan fingerprint density at radius 2 is 1.56 bits per heavy atom. The van der Waals surface area contributed by atoms with Gasteiger partial charge in [-0.05, 0) is 55.0 Å². The average molecular weight is 443 g/mol. The van der Waals surface area contributed by atoms with Crippen LogP contribution in [0.3, 0.4) is 0 Å². The molecule has 6 nitrogen and oxygen atoms in total. The van der Waals surface area contributed by atoms with Crippen molar-refractivity contribution in [1.29, 1.82) is 0 Å². The zero-order chi connectivity index (χ0) is 23.3.